The number of esters is 1. The van der Waals surface area contributed by atoms with Crippen LogP contribution in [0.25, 0.3) is 0 Å². The van der Waals surface area contributed by atoms with E-state index in [0.29, 0.717) is 5.92 Å². The number of carbonyl (C=O) groups is 2. The van der Waals surface area contributed by atoms with Crippen molar-refractivity contribution in [2.45, 2.75) is 38.6 Å². The summed E-state index contributed by atoms with van der Waals surface area (Å²) in [5.41, 5.74) is 0.806. The lowest BCUT2D eigenvalue weighted by Gasteiger charge is -2.29. The molecule has 1 fully saturated rings. The molecule has 0 aromatic heterocycles. The minimum atomic E-state index is -0.635. The molecule has 0 saturated heterocycles. The molecule has 1 saturated carbocycles. The van der Waals surface area contributed by atoms with Crippen molar-refractivity contribution < 1.29 is 23.9 Å². The van der Waals surface area contributed by atoms with Crippen molar-refractivity contribution in [1.82, 2.24) is 5.32 Å². The summed E-state index contributed by atoms with van der Waals surface area (Å²) in [4.78, 5) is 28.3. The summed E-state index contributed by atoms with van der Waals surface area (Å²) >= 11 is 0. The second kappa shape index (κ2) is 10.4. The number of methoxy groups -OCH3 is 1. The number of benzene rings is 1. The van der Waals surface area contributed by atoms with Gasteiger partial charge in [-0.15, -0.1) is 0 Å². The van der Waals surface area contributed by atoms with Crippen LogP contribution in [0.15, 0.2) is 29.4 Å². The SMILES string of the molecule is COc1ccc(/C=N\OCC(=O)OCC(=O)N[C@@H]2CCCC[C@@H]2C)cc1. The number of amides is 1. The van der Waals surface area contributed by atoms with Gasteiger partial charge in [-0.1, -0.05) is 24.9 Å². The second-order valence-corrected chi connectivity index (χ2v) is 6.38. The molecule has 0 heterocycles. The number of carbonyl (C=O) groups excluding carboxylic acids is 2. The summed E-state index contributed by atoms with van der Waals surface area (Å²) in [6.07, 6.45) is 5.89. The van der Waals surface area contributed by atoms with E-state index in [1.165, 1.54) is 12.6 Å². The Morgan fingerprint density at radius 2 is 1.92 bits per heavy atom. The molecule has 0 radical (unpaired) electrons. The third kappa shape index (κ3) is 6.74. The van der Waals surface area contributed by atoms with Gasteiger partial charge in [0.15, 0.2) is 6.61 Å². The Kier molecular flexibility index (Phi) is 7.92. The molecule has 1 N–H and O–H groups in total. The lowest BCUT2D eigenvalue weighted by atomic mass is 9.86. The maximum atomic E-state index is 11.9. The fraction of sp³-hybridized carbons (Fsp3) is 0.526. The van der Waals surface area contributed by atoms with E-state index in [9.17, 15) is 9.59 Å². The number of hydrogen-bond donors (Lipinski definition) is 1. The van der Waals surface area contributed by atoms with Crippen molar-refractivity contribution in [2.24, 2.45) is 11.1 Å². The van der Waals surface area contributed by atoms with E-state index < -0.39 is 5.97 Å². The molecule has 142 valence electrons. The maximum Gasteiger partial charge on any atom is 0.347 e. The Morgan fingerprint density at radius 1 is 1.19 bits per heavy atom. The van der Waals surface area contributed by atoms with Crippen LogP contribution < -0.4 is 10.1 Å². The minimum absolute atomic E-state index is 0.167. The van der Waals surface area contributed by atoms with Gasteiger partial charge in [0.1, 0.15) is 5.75 Å². The zero-order valence-electron chi connectivity index (χ0n) is 15.3. The molecule has 26 heavy (non-hydrogen) atoms. The van der Waals surface area contributed by atoms with Gasteiger partial charge < -0.3 is 19.6 Å². The molecule has 1 aromatic rings. The van der Waals surface area contributed by atoms with Crippen LogP contribution in [0.5, 0.6) is 5.75 Å². The topological polar surface area (TPSA) is 86.2 Å². The molecular formula is C19H26N2O5. The Balaban J connectivity index is 1.62. The highest BCUT2D eigenvalue weighted by Gasteiger charge is 2.23. The number of ether oxygens (including phenoxy) is 2. The third-order valence-electron chi connectivity index (χ3n) is 4.40. The first-order valence-corrected chi connectivity index (χ1v) is 8.83. The van der Waals surface area contributed by atoms with Crippen LogP contribution >= 0.6 is 0 Å². The predicted molar refractivity (Wildman–Crippen MR) is 97.1 cm³/mol. The molecule has 1 amide bonds. The Labute approximate surface area is 153 Å². The number of rotatable bonds is 8. The lowest BCUT2D eigenvalue weighted by molar-refractivity contribution is -0.153. The van der Waals surface area contributed by atoms with E-state index in [0.717, 1.165) is 30.6 Å². The zero-order chi connectivity index (χ0) is 18.8. The third-order valence-corrected chi connectivity index (χ3v) is 4.40. The highest BCUT2D eigenvalue weighted by molar-refractivity contribution is 5.81. The smallest absolute Gasteiger partial charge is 0.347 e. The monoisotopic (exact) mass is 362 g/mol. The van der Waals surface area contributed by atoms with Crippen LogP contribution in [-0.4, -0.2) is 44.5 Å². The van der Waals surface area contributed by atoms with Crippen molar-refractivity contribution in [3.63, 3.8) is 0 Å². The van der Waals surface area contributed by atoms with E-state index >= 15 is 0 Å². The van der Waals surface area contributed by atoms with Gasteiger partial charge in [0.05, 0.1) is 13.3 Å². The summed E-state index contributed by atoms with van der Waals surface area (Å²) in [5.74, 6) is 0.286. The molecule has 0 unspecified atom stereocenters. The first-order chi connectivity index (χ1) is 12.6. The second-order valence-electron chi connectivity index (χ2n) is 6.38. The lowest BCUT2D eigenvalue weighted by Crippen LogP contribution is -2.43. The fourth-order valence-corrected chi connectivity index (χ4v) is 2.84. The van der Waals surface area contributed by atoms with Gasteiger partial charge in [0.25, 0.3) is 5.91 Å². The van der Waals surface area contributed by atoms with Crippen LogP contribution in [0.1, 0.15) is 38.2 Å². The summed E-state index contributed by atoms with van der Waals surface area (Å²) < 4.78 is 9.95. The van der Waals surface area contributed by atoms with Gasteiger partial charge in [-0.05, 0) is 48.6 Å². The Bertz CT molecular complexity index is 615. The average Bonchev–Trinajstić information content (AvgIpc) is 2.66. The van der Waals surface area contributed by atoms with E-state index in [-0.39, 0.29) is 25.2 Å². The van der Waals surface area contributed by atoms with Crippen molar-refractivity contribution in [3.8, 4) is 5.75 Å². The molecule has 2 atom stereocenters. The molecule has 1 aromatic carbocycles. The Hall–Kier alpha value is -2.57. The quantitative estimate of drug-likeness (QED) is 0.436. The predicted octanol–water partition coefficient (Wildman–Crippen LogP) is 2.28. The molecule has 2 rings (SSSR count). The number of nitrogens with one attached hydrogen (secondary N) is 1. The fourth-order valence-electron chi connectivity index (χ4n) is 2.84. The minimum Gasteiger partial charge on any atom is -0.497 e. The van der Waals surface area contributed by atoms with E-state index in [4.69, 9.17) is 14.3 Å². The van der Waals surface area contributed by atoms with Crippen molar-refractivity contribution in [1.29, 1.82) is 0 Å². The molecule has 0 aliphatic heterocycles. The van der Waals surface area contributed by atoms with E-state index in [2.05, 4.69) is 17.4 Å². The van der Waals surface area contributed by atoms with Gasteiger partial charge in [0.2, 0.25) is 6.61 Å². The number of nitrogens with zero attached hydrogens (tertiary/aromatic N) is 1. The first kappa shape index (κ1) is 19.8. The van der Waals surface area contributed by atoms with Gasteiger partial charge in [-0.25, -0.2) is 4.79 Å². The molecule has 0 spiro atoms. The summed E-state index contributed by atoms with van der Waals surface area (Å²) in [6.45, 7) is 1.48. The molecule has 0 bridgehead atoms. The number of oxime groups is 1. The normalized spacial score (nSPS) is 19.8. The van der Waals surface area contributed by atoms with Crippen LogP contribution in [0, 0.1) is 5.92 Å². The van der Waals surface area contributed by atoms with Gasteiger partial charge in [-0.3, -0.25) is 4.79 Å². The van der Waals surface area contributed by atoms with Crippen molar-refractivity contribution in [3.05, 3.63) is 29.8 Å². The standard InChI is InChI=1S/C19H26N2O5/c1-14-5-3-4-6-17(14)21-18(22)12-25-19(23)13-26-20-11-15-7-9-16(24-2)10-8-15/h7-11,14,17H,3-6,12-13H2,1-2H3,(H,21,22)/b20-11-/t14-,17+/m0/s1. The summed E-state index contributed by atoms with van der Waals surface area (Å²) in [6, 6.07) is 7.37. The number of hydrogen-bond acceptors (Lipinski definition) is 6. The van der Waals surface area contributed by atoms with Crippen molar-refractivity contribution in [2.75, 3.05) is 20.3 Å². The van der Waals surface area contributed by atoms with Crippen LogP contribution in [0.4, 0.5) is 0 Å². The highest BCUT2D eigenvalue weighted by atomic mass is 16.7. The van der Waals surface area contributed by atoms with Crippen LogP contribution in [-0.2, 0) is 19.2 Å². The summed E-state index contributed by atoms with van der Waals surface area (Å²) in [5, 5.41) is 6.63. The zero-order valence-corrected chi connectivity index (χ0v) is 15.3. The average molecular weight is 362 g/mol. The highest BCUT2D eigenvalue weighted by Crippen LogP contribution is 2.23. The largest absolute Gasteiger partial charge is 0.497 e. The molecule has 1 aliphatic carbocycles. The van der Waals surface area contributed by atoms with Gasteiger partial charge in [-0.2, -0.15) is 0 Å². The summed E-state index contributed by atoms with van der Waals surface area (Å²) in [7, 11) is 1.59. The Morgan fingerprint density at radius 3 is 2.62 bits per heavy atom. The molecule has 7 nitrogen and oxygen atoms in total. The van der Waals surface area contributed by atoms with E-state index in [1.54, 1.807) is 31.4 Å². The molecule has 1 aliphatic rings. The van der Waals surface area contributed by atoms with Gasteiger partial charge in [0, 0.05) is 6.04 Å². The first-order valence-electron chi connectivity index (χ1n) is 8.83. The molecule has 7 heteroatoms. The molecular weight excluding hydrogens is 336 g/mol. The van der Waals surface area contributed by atoms with Gasteiger partial charge >= 0.3 is 5.97 Å². The van der Waals surface area contributed by atoms with Crippen molar-refractivity contribution >= 4 is 18.1 Å². The van der Waals surface area contributed by atoms with Crippen LogP contribution in [0.2, 0.25) is 0 Å². The van der Waals surface area contributed by atoms with E-state index in [1.807, 2.05) is 0 Å². The maximum absolute atomic E-state index is 11.9. The van der Waals surface area contributed by atoms with Crippen LogP contribution in [0.3, 0.4) is 0 Å².